The fourth-order valence-electron chi connectivity index (χ4n) is 3.86. The first kappa shape index (κ1) is 15.6. The van der Waals surface area contributed by atoms with Gasteiger partial charge in [-0.3, -0.25) is 14.9 Å². The fourth-order valence-corrected chi connectivity index (χ4v) is 3.86. The number of amides is 2. The van der Waals surface area contributed by atoms with Gasteiger partial charge in [-0.05, 0) is 18.2 Å². The molecule has 0 bridgehead atoms. The van der Waals surface area contributed by atoms with Crippen LogP contribution in [-0.4, -0.2) is 21.4 Å². The van der Waals surface area contributed by atoms with Crippen LogP contribution in [0, 0.1) is 5.82 Å². The predicted octanol–water partition coefficient (Wildman–Crippen LogP) is 3.37. The maximum absolute atomic E-state index is 14.5. The van der Waals surface area contributed by atoms with Gasteiger partial charge in [-0.1, -0.05) is 24.3 Å². The summed E-state index contributed by atoms with van der Waals surface area (Å²) in [5, 5.41) is 3.62. The number of hydrogen-bond acceptors (Lipinski definition) is 2. The van der Waals surface area contributed by atoms with E-state index in [1.807, 2.05) is 36.0 Å². The number of hydrogen-bond donors (Lipinski definition) is 2. The van der Waals surface area contributed by atoms with Gasteiger partial charge in [0.1, 0.15) is 5.82 Å². The highest BCUT2D eigenvalue weighted by Gasteiger charge is 2.35. The number of para-hydroxylation sites is 1. The monoisotopic (exact) mass is 359 g/mol. The molecule has 5 nitrogen and oxygen atoms in total. The number of H-pyrrole nitrogens is 1. The third-order valence-electron chi connectivity index (χ3n) is 5.02. The molecule has 1 aliphatic rings. The molecular weight excluding hydrogens is 345 g/mol. The van der Waals surface area contributed by atoms with Crippen LogP contribution < -0.4 is 5.32 Å². The summed E-state index contributed by atoms with van der Waals surface area (Å²) in [5.74, 6) is -1.44. The molecule has 0 radical (unpaired) electrons. The second-order valence-corrected chi connectivity index (χ2v) is 6.57. The zero-order valence-electron chi connectivity index (χ0n) is 14.3. The van der Waals surface area contributed by atoms with E-state index in [4.69, 9.17) is 0 Å². The average molecular weight is 359 g/mol. The lowest BCUT2D eigenvalue weighted by Gasteiger charge is -2.08. The summed E-state index contributed by atoms with van der Waals surface area (Å²) in [6.45, 7) is 0. The van der Waals surface area contributed by atoms with E-state index < -0.39 is 17.6 Å². The number of carbonyl (C=O) groups excluding carboxylic acids is 2. The number of aromatic nitrogens is 2. The molecule has 27 heavy (non-hydrogen) atoms. The fraction of sp³-hybridized carbons (Fsp3) is 0.0476. The topological polar surface area (TPSA) is 66.9 Å². The van der Waals surface area contributed by atoms with Crippen LogP contribution in [0.4, 0.5) is 4.39 Å². The Morgan fingerprint density at radius 3 is 2.48 bits per heavy atom. The number of fused-ring (bicyclic) bond motifs is 2. The number of aromatic amines is 1. The van der Waals surface area contributed by atoms with Crippen LogP contribution in [0.15, 0.2) is 54.9 Å². The molecule has 4 aromatic rings. The van der Waals surface area contributed by atoms with E-state index in [2.05, 4.69) is 10.3 Å². The van der Waals surface area contributed by atoms with Crippen molar-refractivity contribution in [3.8, 4) is 0 Å². The van der Waals surface area contributed by atoms with Crippen molar-refractivity contribution in [2.75, 3.05) is 0 Å². The van der Waals surface area contributed by atoms with Crippen LogP contribution in [0.2, 0.25) is 0 Å². The maximum Gasteiger partial charge on any atom is 0.259 e. The summed E-state index contributed by atoms with van der Waals surface area (Å²) >= 11 is 0. The lowest BCUT2D eigenvalue weighted by molar-refractivity contribution is -0.122. The number of imide groups is 1. The van der Waals surface area contributed by atoms with E-state index in [1.54, 1.807) is 24.4 Å². The number of nitrogens with zero attached hydrogens (tertiary/aromatic N) is 1. The first-order chi connectivity index (χ1) is 13.1. The number of carbonyl (C=O) groups is 2. The smallest absolute Gasteiger partial charge is 0.259 e. The van der Waals surface area contributed by atoms with Crippen LogP contribution >= 0.6 is 0 Å². The Bertz CT molecular complexity index is 1310. The van der Waals surface area contributed by atoms with Gasteiger partial charge >= 0.3 is 0 Å². The van der Waals surface area contributed by atoms with E-state index in [0.717, 1.165) is 10.9 Å². The van der Waals surface area contributed by atoms with Gasteiger partial charge in [0, 0.05) is 46.9 Å². The molecule has 0 atom stereocenters. The second-order valence-electron chi connectivity index (χ2n) is 6.57. The molecular formula is C21H14FN3O2. The van der Waals surface area contributed by atoms with E-state index >= 15 is 0 Å². The summed E-state index contributed by atoms with van der Waals surface area (Å²) in [5.41, 5.74) is 2.88. The van der Waals surface area contributed by atoms with Crippen molar-refractivity contribution in [3.63, 3.8) is 0 Å². The molecule has 1 aliphatic heterocycles. The number of nitrogens with one attached hydrogen (secondary N) is 2. The minimum absolute atomic E-state index is 0.185. The van der Waals surface area contributed by atoms with Crippen LogP contribution in [0.5, 0.6) is 0 Å². The van der Waals surface area contributed by atoms with Crippen molar-refractivity contribution in [2.24, 2.45) is 7.05 Å². The first-order valence-electron chi connectivity index (χ1n) is 8.46. The van der Waals surface area contributed by atoms with Crippen molar-refractivity contribution >= 4 is 44.8 Å². The molecule has 132 valence electrons. The average Bonchev–Trinajstić information content (AvgIpc) is 3.31. The molecule has 6 heteroatoms. The van der Waals surface area contributed by atoms with Gasteiger partial charge < -0.3 is 9.55 Å². The normalized spacial score (nSPS) is 14.6. The molecule has 2 aromatic carbocycles. The molecule has 2 N–H and O–H groups in total. The van der Waals surface area contributed by atoms with Gasteiger partial charge in [0.2, 0.25) is 0 Å². The molecule has 0 spiro atoms. The number of halogens is 1. The third kappa shape index (κ3) is 2.10. The number of aryl methyl sites for hydroxylation is 1. The van der Waals surface area contributed by atoms with Crippen LogP contribution in [0.1, 0.15) is 11.1 Å². The van der Waals surface area contributed by atoms with Crippen LogP contribution in [-0.2, 0) is 16.6 Å². The Balaban J connectivity index is 1.90. The molecule has 0 saturated carbocycles. The van der Waals surface area contributed by atoms with Gasteiger partial charge in [0.15, 0.2) is 0 Å². The highest BCUT2D eigenvalue weighted by molar-refractivity contribution is 6.50. The van der Waals surface area contributed by atoms with Crippen molar-refractivity contribution in [2.45, 2.75) is 0 Å². The van der Waals surface area contributed by atoms with E-state index in [9.17, 15) is 14.0 Å². The summed E-state index contributed by atoms with van der Waals surface area (Å²) in [4.78, 5) is 28.3. The second kappa shape index (κ2) is 5.41. The van der Waals surface area contributed by atoms with Gasteiger partial charge in [-0.25, -0.2) is 4.39 Å². The number of rotatable bonds is 2. The van der Waals surface area contributed by atoms with E-state index in [-0.39, 0.29) is 11.1 Å². The van der Waals surface area contributed by atoms with Gasteiger partial charge in [0.25, 0.3) is 11.8 Å². The Labute approximate surface area is 153 Å². The Morgan fingerprint density at radius 2 is 1.67 bits per heavy atom. The predicted molar refractivity (Wildman–Crippen MR) is 101 cm³/mol. The zero-order valence-corrected chi connectivity index (χ0v) is 14.3. The molecule has 3 heterocycles. The Kier molecular flexibility index (Phi) is 3.12. The molecule has 0 fully saturated rings. The van der Waals surface area contributed by atoms with Crippen LogP contribution in [0.25, 0.3) is 33.0 Å². The molecule has 0 saturated heterocycles. The summed E-state index contributed by atoms with van der Waals surface area (Å²) in [6, 6.07) is 12.2. The lowest BCUT2D eigenvalue weighted by atomic mass is 9.94. The van der Waals surface area contributed by atoms with E-state index in [0.29, 0.717) is 22.0 Å². The van der Waals surface area contributed by atoms with Crippen LogP contribution in [0.3, 0.4) is 0 Å². The Morgan fingerprint density at radius 1 is 0.926 bits per heavy atom. The van der Waals surface area contributed by atoms with Gasteiger partial charge in [-0.2, -0.15) is 0 Å². The standard InChI is InChI=1S/C21H14FN3O2/c1-25-9-8-11-4-2-5-12(19(11)25)17-18(21(27)24-20(17)26)13-10-23-15-7-3-6-14(22)16(13)15/h2-10,23H,1H3,(H,24,26,27). The summed E-state index contributed by atoms with van der Waals surface area (Å²) < 4.78 is 16.4. The first-order valence-corrected chi connectivity index (χ1v) is 8.46. The molecule has 2 aromatic heterocycles. The van der Waals surface area contributed by atoms with E-state index in [1.165, 1.54) is 6.07 Å². The molecule has 0 unspecified atom stereocenters. The van der Waals surface area contributed by atoms with Crippen molar-refractivity contribution < 1.29 is 14.0 Å². The largest absolute Gasteiger partial charge is 0.360 e. The molecule has 5 rings (SSSR count). The molecule has 2 amide bonds. The summed E-state index contributed by atoms with van der Waals surface area (Å²) in [7, 11) is 1.88. The quantitative estimate of drug-likeness (QED) is 0.539. The maximum atomic E-state index is 14.5. The number of benzene rings is 2. The van der Waals surface area contributed by atoms with Gasteiger partial charge in [-0.15, -0.1) is 0 Å². The third-order valence-corrected chi connectivity index (χ3v) is 5.02. The lowest BCUT2D eigenvalue weighted by Crippen LogP contribution is -2.22. The SMILES string of the molecule is Cn1ccc2cccc(C3=C(c4c[nH]c5cccc(F)c45)C(=O)NC3=O)c21. The highest BCUT2D eigenvalue weighted by Crippen LogP contribution is 2.38. The van der Waals surface area contributed by atoms with Crippen molar-refractivity contribution in [1.82, 2.24) is 14.9 Å². The minimum atomic E-state index is -0.523. The summed E-state index contributed by atoms with van der Waals surface area (Å²) in [6.07, 6.45) is 3.47. The zero-order chi connectivity index (χ0) is 18.7. The van der Waals surface area contributed by atoms with Crippen molar-refractivity contribution in [3.05, 3.63) is 71.8 Å². The van der Waals surface area contributed by atoms with Gasteiger partial charge in [0.05, 0.1) is 16.7 Å². The Hall–Kier alpha value is -3.67. The molecule has 0 aliphatic carbocycles. The van der Waals surface area contributed by atoms with Crippen molar-refractivity contribution in [1.29, 1.82) is 0 Å². The highest BCUT2D eigenvalue weighted by atomic mass is 19.1. The minimum Gasteiger partial charge on any atom is -0.360 e.